The second-order valence-corrected chi connectivity index (χ2v) is 6.07. The number of thioether (sulfide) groups is 1. The smallest absolute Gasteiger partial charge is 0.142 e. The van der Waals surface area contributed by atoms with Crippen molar-refractivity contribution in [3.8, 4) is 0 Å². The van der Waals surface area contributed by atoms with E-state index in [0.29, 0.717) is 5.75 Å². The van der Waals surface area contributed by atoms with E-state index in [2.05, 4.69) is 15.3 Å². The van der Waals surface area contributed by atoms with Crippen molar-refractivity contribution in [3.05, 3.63) is 47.4 Å². The number of nitrogens with one attached hydrogen (secondary N) is 1. The Morgan fingerprint density at radius 3 is 3.00 bits per heavy atom. The van der Waals surface area contributed by atoms with E-state index in [1.807, 2.05) is 24.6 Å². The number of rotatable bonds is 4. The molecule has 0 saturated heterocycles. The van der Waals surface area contributed by atoms with E-state index in [1.165, 1.54) is 23.9 Å². The summed E-state index contributed by atoms with van der Waals surface area (Å²) in [6.07, 6.45) is 0. The second kappa shape index (κ2) is 5.76. The van der Waals surface area contributed by atoms with Gasteiger partial charge in [-0.15, -0.1) is 23.1 Å². The van der Waals surface area contributed by atoms with Gasteiger partial charge in [0.15, 0.2) is 0 Å². The number of fused-ring (bicyclic) bond motifs is 1. The van der Waals surface area contributed by atoms with E-state index < -0.39 is 0 Å². The van der Waals surface area contributed by atoms with Gasteiger partial charge in [0.1, 0.15) is 22.3 Å². The third-order valence-corrected chi connectivity index (χ3v) is 4.57. The molecule has 1 aromatic carbocycles. The third kappa shape index (κ3) is 2.76. The quantitative estimate of drug-likeness (QED) is 0.734. The molecular formula is C14H12FN3S2. The van der Waals surface area contributed by atoms with E-state index in [0.717, 1.165) is 26.8 Å². The molecule has 1 N–H and O–H groups in total. The molecule has 0 unspecified atom stereocenters. The molecule has 20 heavy (non-hydrogen) atoms. The highest BCUT2D eigenvalue weighted by Crippen LogP contribution is 2.27. The molecule has 3 rings (SSSR count). The van der Waals surface area contributed by atoms with Crippen molar-refractivity contribution in [1.82, 2.24) is 9.97 Å². The first-order valence-electron chi connectivity index (χ1n) is 6.06. The zero-order valence-electron chi connectivity index (χ0n) is 10.8. The van der Waals surface area contributed by atoms with Crippen molar-refractivity contribution in [3.63, 3.8) is 0 Å². The predicted molar refractivity (Wildman–Crippen MR) is 82.9 cm³/mol. The maximum atomic E-state index is 13.1. The van der Waals surface area contributed by atoms with Gasteiger partial charge in [-0.25, -0.2) is 14.4 Å². The van der Waals surface area contributed by atoms with Gasteiger partial charge in [-0.1, -0.05) is 6.07 Å². The molecule has 0 saturated carbocycles. The number of thiophene rings is 1. The van der Waals surface area contributed by atoms with Gasteiger partial charge in [-0.05, 0) is 29.6 Å². The zero-order chi connectivity index (χ0) is 13.9. The zero-order valence-corrected chi connectivity index (χ0v) is 12.4. The summed E-state index contributed by atoms with van der Waals surface area (Å²) in [7, 11) is 1.85. The maximum Gasteiger partial charge on any atom is 0.142 e. The van der Waals surface area contributed by atoms with Gasteiger partial charge in [0.05, 0.1) is 11.1 Å². The molecule has 6 heteroatoms. The summed E-state index contributed by atoms with van der Waals surface area (Å²) < 4.78 is 13.1. The van der Waals surface area contributed by atoms with Gasteiger partial charge >= 0.3 is 0 Å². The van der Waals surface area contributed by atoms with Crippen LogP contribution in [0.15, 0.2) is 40.6 Å². The monoisotopic (exact) mass is 305 g/mol. The van der Waals surface area contributed by atoms with Crippen molar-refractivity contribution in [2.75, 3.05) is 12.4 Å². The van der Waals surface area contributed by atoms with Gasteiger partial charge in [0.25, 0.3) is 0 Å². The van der Waals surface area contributed by atoms with Crippen LogP contribution in [0, 0.1) is 5.82 Å². The Morgan fingerprint density at radius 2 is 2.20 bits per heavy atom. The molecule has 0 fully saturated rings. The lowest BCUT2D eigenvalue weighted by Gasteiger charge is -2.05. The van der Waals surface area contributed by atoms with Gasteiger partial charge in [0.2, 0.25) is 0 Å². The summed E-state index contributed by atoms with van der Waals surface area (Å²) in [5, 5.41) is 6.13. The lowest BCUT2D eigenvalue weighted by molar-refractivity contribution is 0.624. The normalized spacial score (nSPS) is 10.9. The van der Waals surface area contributed by atoms with Gasteiger partial charge in [-0.3, -0.25) is 0 Å². The molecule has 0 bridgehead atoms. The number of nitrogens with zero attached hydrogens (tertiary/aromatic N) is 2. The minimum atomic E-state index is -0.222. The Morgan fingerprint density at radius 1 is 1.30 bits per heavy atom. The molecule has 0 radical (unpaired) electrons. The van der Waals surface area contributed by atoms with Crippen LogP contribution >= 0.6 is 23.1 Å². The number of hydrogen-bond donors (Lipinski definition) is 1. The van der Waals surface area contributed by atoms with Crippen LogP contribution in [0.3, 0.4) is 0 Å². The molecule has 3 aromatic rings. The Kier molecular flexibility index (Phi) is 3.84. The van der Waals surface area contributed by atoms with Crippen molar-refractivity contribution in [1.29, 1.82) is 0 Å². The van der Waals surface area contributed by atoms with Crippen LogP contribution in [0.1, 0.15) is 5.82 Å². The lowest BCUT2D eigenvalue weighted by Crippen LogP contribution is -1.99. The van der Waals surface area contributed by atoms with Crippen LogP contribution in [0.25, 0.3) is 10.2 Å². The molecule has 102 valence electrons. The van der Waals surface area contributed by atoms with Crippen molar-refractivity contribution >= 4 is 39.1 Å². The summed E-state index contributed by atoms with van der Waals surface area (Å²) in [5.74, 6) is 1.98. The predicted octanol–water partition coefficient (Wildman–Crippen LogP) is 4.16. The highest BCUT2D eigenvalue weighted by atomic mass is 32.2. The Hall–Kier alpha value is -1.66. The first-order chi connectivity index (χ1) is 9.76. The fraction of sp³-hybridized carbons (Fsp3) is 0.143. The molecular weight excluding hydrogens is 293 g/mol. The van der Waals surface area contributed by atoms with Crippen molar-refractivity contribution < 1.29 is 4.39 Å². The van der Waals surface area contributed by atoms with E-state index in [1.54, 1.807) is 17.4 Å². The summed E-state index contributed by atoms with van der Waals surface area (Å²) in [5.41, 5.74) is 0. The molecule has 3 nitrogen and oxygen atoms in total. The molecule has 0 spiro atoms. The lowest BCUT2D eigenvalue weighted by atomic mass is 10.3. The second-order valence-electron chi connectivity index (χ2n) is 4.12. The van der Waals surface area contributed by atoms with E-state index in [-0.39, 0.29) is 5.82 Å². The standard InChI is InChI=1S/C14H12FN3S2/c1-16-13-11-5-6-19-14(11)18-12(17-13)8-20-10-4-2-3-9(15)7-10/h2-7H,8H2,1H3,(H,16,17,18). The van der Waals surface area contributed by atoms with Gasteiger partial charge in [-0.2, -0.15) is 0 Å². The van der Waals surface area contributed by atoms with E-state index in [4.69, 9.17) is 0 Å². The molecule has 2 aromatic heterocycles. The van der Waals surface area contributed by atoms with Crippen LogP contribution in [0.4, 0.5) is 10.2 Å². The third-order valence-electron chi connectivity index (χ3n) is 2.77. The van der Waals surface area contributed by atoms with Crippen molar-refractivity contribution in [2.24, 2.45) is 0 Å². The number of anilines is 1. The Bertz CT molecular complexity index is 742. The van der Waals surface area contributed by atoms with Crippen LogP contribution in [-0.4, -0.2) is 17.0 Å². The first kappa shape index (κ1) is 13.3. The number of aromatic nitrogens is 2. The van der Waals surface area contributed by atoms with Crippen LogP contribution in [0.2, 0.25) is 0 Å². The molecule has 0 aliphatic carbocycles. The summed E-state index contributed by atoms with van der Waals surface area (Å²) >= 11 is 3.12. The average molecular weight is 305 g/mol. The number of benzene rings is 1. The number of hydrogen-bond acceptors (Lipinski definition) is 5. The average Bonchev–Trinajstić information content (AvgIpc) is 2.92. The molecule has 0 aliphatic heterocycles. The molecule has 0 amide bonds. The van der Waals surface area contributed by atoms with Crippen LogP contribution in [0.5, 0.6) is 0 Å². The molecule has 2 heterocycles. The largest absolute Gasteiger partial charge is 0.372 e. The maximum absolute atomic E-state index is 13.1. The SMILES string of the molecule is CNc1nc(CSc2cccc(F)c2)nc2sccc12. The highest BCUT2D eigenvalue weighted by Gasteiger charge is 2.08. The first-order valence-corrected chi connectivity index (χ1v) is 7.93. The minimum Gasteiger partial charge on any atom is -0.372 e. The topological polar surface area (TPSA) is 37.8 Å². The van der Waals surface area contributed by atoms with Gasteiger partial charge in [0, 0.05) is 11.9 Å². The van der Waals surface area contributed by atoms with E-state index >= 15 is 0 Å². The molecule has 0 aliphatic rings. The van der Waals surface area contributed by atoms with Crippen LogP contribution < -0.4 is 5.32 Å². The van der Waals surface area contributed by atoms with E-state index in [9.17, 15) is 4.39 Å². The van der Waals surface area contributed by atoms with Gasteiger partial charge < -0.3 is 5.32 Å². The summed E-state index contributed by atoms with van der Waals surface area (Å²) in [4.78, 5) is 10.9. The fourth-order valence-electron chi connectivity index (χ4n) is 1.86. The highest BCUT2D eigenvalue weighted by molar-refractivity contribution is 7.98. The Balaban J connectivity index is 1.83. The Labute approximate surface area is 124 Å². The number of halogens is 1. The summed E-state index contributed by atoms with van der Waals surface area (Å²) in [6.45, 7) is 0. The minimum absolute atomic E-state index is 0.222. The fourth-order valence-corrected chi connectivity index (χ4v) is 3.44. The summed E-state index contributed by atoms with van der Waals surface area (Å²) in [6, 6.07) is 8.57. The van der Waals surface area contributed by atoms with Crippen LogP contribution in [-0.2, 0) is 5.75 Å². The molecule has 0 atom stereocenters. The van der Waals surface area contributed by atoms with Crippen molar-refractivity contribution in [2.45, 2.75) is 10.6 Å².